The molecule has 0 radical (unpaired) electrons. The molecule has 0 aliphatic heterocycles. The van der Waals surface area contributed by atoms with Gasteiger partial charge in [-0.15, -0.1) is 0 Å². The van der Waals surface area contributed by atoms with Crippen LogP contribution in [-0.4, -0.2) is 64.1 Å². The van der Waals surface area contributed by atoms with Crippen LogP contribution >= 0.6 is 11.8 Å². The molecule has 6 N–H and O–H groups in total. The summed E-state index contributed by atoms with van der Waals surface area (Å²) in [6.45, 7) is 3.34. The first-order valence-electron chi connectivity index (χ1n) is 7.40. The van der Waals surface area contributed by atoms with Crippen molar-refractivity contribution in [3.8, 4) is 0 Å². The predicted octanol–water partition coefficient (Wildman–Crippen LogP) is -0.748. The molecule has 0 aromatic carbocycles. The van der Waals surface area contributed by atoms with Crippen LogP contribution in [0.1, 0.15) is 26.7 Å². The lowest BCUT2D eigenvalue weighted by Gasteiger charge is -2.25. The fraction of sp³-hybridized carbons (Fsp3) is 0.714. The summed E-state index contributed by atoms with van der Waals surface area (Å²) in [5.41, 5.74) is 5.46. The number of aliphatic carboxylic acids is 2. The molecule has 0 aromatic rings. The Kier molecular flexibility index (Phi) is 10.0. The molecule has 0 saturated carbocycles. The minimum atomic E-state index is -1.29. The Balaban J connectivity index is 4.90. The average molecular weight is 363 g/mol. The summed E-state index contributed by atoms with van der Waals surface area (Å²) in [6.07, 6.45) is 1.50. The van der Waals surface area contributed by atoms with E-state index in [0.29, 0.717) is 5.75 Å². The second-order valence-corrected chi connectivity index (χ2v) is 6.60. The molecular formula is C14H25N3O6S. The third-order valence-electron chi connectivity index (χ3n) is 3.20. The second kappa shape index (κ2) is 10.9. The number of nitrogens with one attached hydrogen (secondary N) is 2. The number of thioether (sulfide) groups is 1. The van der Waals surface area contributed by atoms with E-state index in [1.54, 1.807) is 13.8 Å². The lowest BCUT2D eigenvalue weighted by Crippen LogP contribution is -2.56. The summed E-state index contributed by atoms with van der Waals surface area (Å²) >= 11 is 1.45. The van der Waals surface area contributed by atoms with Gasteiger partial charge in [0.2, 0.25) is 11.8 Å². The van der Waals surface area contributed by atoms with Gasteiger partial charge in [0.25, 0.3) is 0 Å². The van der Waals surface area contributed by atoms with Gasteiger partial charge in [-0.1, -0.05) is 13.8 Å². The first kappa shape index (κ1) is 22.2. The molecule has 0 aromatic heterocycles. The Bertz CT molecular complexity index is 471. The maximum Gasteiger partial charge on any atom is 0.326 e. The molecule has 0 rings (SSSR count). The molecule has 138 valence electrons. The van der Waals surface area contributed by atoms with Crippen LogP contribution in [0.3, 0.4) is 0 Å². The highest BCUT2D eigenvalue weighted by Gasteiger charge is 2.30. The zero-order chi connectivity index (χ0) is 18.9. The van der Waals surface area contributed by atoms with Crippen LogP contribution in [0.4, 0.5) is 0 Å². The van der Waals surface area contributed by atoms with Gasteiger partial charge < -0.3 is 26.6 Å². The van der Waals surface area contributed by atoms with Gasteiger partial charge in [0.05, 0.1) is 12.5 Å². The highest BCUT2D eigenvalue weighted by molar-refractivity contribution is 7.98. The van der Waals surface area contributed by atoms with Gasteiger partial charge in [0.15, 0.2) is 0 Å². The van der Waals surface area contributed by atoms with Crippen molar-refractivity contribution < 1.29 is 29.4 Å². The van der Waals surface area contributed by atoms with Crippen molar-refractivity contribution >= 4 is 35.5 Å². The van der Waals surface area contributed by atoms with E-state index in [2.05, 4.69) is 10.6 Å². The van der Waals surface area contributed by atoms with Crippen molar-refractivity contribution in [2.24, 2.45) is 11.7 Å². The summed E-state index contributed by atoms with van der Waals surface area (Å²) in [6, 6.07) is -3.35. The Hall–Kier alpha value is -1.81. The van der Waals surface area contributed by atoms with E-state index in [9.17, 15) is 19.2 Å². The molecule has 0 spiro atoms. The predicted molar refractivity (Wildman–Crippen MR) is 89.6 cm³/mol. The Morgan fingerprint density at radius 3 is 2.08 bits per heavy atom. The number of amides is 2. The first-order valence-corrected chi connectivity index (χ1v) is 8.79. The number of carboxylic acids is 2. The van der Waals surface area contributed by atoms with Crippen molar-refractivity contribution in [3.05, 3.63) is 0 Å². The fourth-order valence-corrected chi connectivity index (χ4v) is 2.30. The van der Waals surface area contributed by atoms with Gasteiger partial charge in [-0.25, -0.2) is 4.79 Å². The molecule has 0 aliphatic carbocycles. The number of rotatable bonds is 11. The maximum absolute atomic E-state index is 12.3. The summed E-state index contributed by atoms with van der Waals surface area (Å²) in [4.78, 5) is 46.0. The van der Waals surface area contributed by atoms with Crippen molar-refractivity contribution in [2.75, 3.05) is 12.0 Å². The number of carbonyl (C=O) groups excluding carboxylic acids is 2. The minimum Gasteiger partial charge on any atom is -0.481 e. The largest absolute Gasteiger partial charge is 0.481 e. The van der Waals surface area contributed by atoms with Crippen LogP contribution in [0.5, 0.6) is 0 Å². The van der Waals surface area contributed by atoms with E-state index < -0.39 is 48.3 Å². The average Bonchev–Trinajstić information content (AvgIpc) is 2.46. The number of carbonyl (C=O) groups is 4. The van der Waals surface area contributed by atoms with Crippen molar-refractivity contribution in [2.45, 2.75) is 44.8 Å². The number of nitrogens with two attached hydrogens (primary N) is 1. The molecule has 0 unspecified atom stereocenters. The summed E-state index contributed by atoms with van der Waals surface area (Å²) in [5, 5.41) is 22.6. The number of hydrogen-bond acceptors (Lipinski definition) is 6. The van der Waals surface area contributed by atoms with Crippen LogP contribution in [0.15, 0.2) is 0 Å². The standard InChI is InChI=1S/C14H25N3O6S/c1-7(2)11(17-12(20)8(15)6-10(18)19)13(21)16-9(14(22)23)4-5-24-3/h7-9,11H,4-6,15H2,1-3H3,(H,16,21)(H,17,20)(H,18,19)(H,22,23)/t8-,9-,11-/m0/s1. The Morgan fingerprint density at radius 2 is 1.67 bits per heavy atom. The first-order chi connectivity index (χ1) is 11.1. The van der Waals surface area contributed by atoms with E-state index >= 15 is 0 Å². The minimum absolute atomic E-state index is 0.250. The molecular weight excluding hydrogens is 338 g/mol. The molecule has 3 atom stereocenters. The van der Waals surface area contributed by atoms with Crippen LogP contribution in [0, 0.1) is 5.92 Å². The highest BCUT2D eigenvalue weighted by atomic mass is 32.2. The van der Waals surface area contributed by atoms with Gasteiger partial charge >= 0.3 is 11.9 Å². The summed E-state index contributed by atoms with van der Waals surface area (Å²) in [7, 11) is 0. The van der Waals surface area contributed by atoms with Crippen LogP contribution in [0.2, 0.25) is 0 Å². The van der Waals surface area contributed by atoms with E-state index in [0.717, 1.165) is 0 Å². The lowest BCUT2D eigenvalue weighted by molar-refractivity contribution is -0.143. The monoisotopic (exact) mass is 363 g/mol. The molecule has 0 bridgehead atoms. The summed E-state index contributed by atoms with van der Waals surface area (Å²) < 4.78 is 0. The lowest BCUT2D eigenvalue weighted by atomic mass is 10.0. The van der Waals surface area contributed by atoms with Crippen LogP contribution in [0.25, 0.3) is 0 Å². The second-order valence-electron chi connectivity index (χ2n) is 5.62. The fourth-order valence-electron chi connectivity index (χ4n) is 1.83. The smallest absolute Gasteiger partial charge is 0.326 e. The quantitative estimate of drug-likeness (QED) is 0.321. The van der Waals surface area contributed by atoms with E-state index in [-0.39, 0.29) is 12.3 Å². The van der Waals surface area contributed by atoms with E-state index in [1.807, 2.05) is 6.26 Å². The van der Waals surface area contributed by atoms with Crippen LogP contribution in [-0.2, 0) is 19.2 Å². The van der Waals surface area contributed by atoms with Crippen molar-refractivity contribution in [1.29, 1.82) is 0 Å². The van der Waals surface area contributed by atoms with Gasteiger partial charge in [0.1, 0.15) is 12.1 Å². The maximum atomic E-state index is 12.3. The van der Waals surface area contributed by atoms with Gasteiger partial charge in [-0.3, -0.25) is 14.4 Å². The number of carboxylic acid groups (broad SMARTS) is 2. The van der Waals surface area contributed by atoms with E-state index in [1.165, 1.54) is 11.8 Å². The molecule has 0 saturated heterocycles. The van der Waals surface area contributed by atoms with Gasteiger partial charge in [0, 0.05) is 0 Å². The highest BCUT2D eigenvalue weighted by Crippen LogP contribution is 2.06. The van der Waals surface area contributed by atoms with Crippen molar-refractivity contribution in [3.63, 3.8) is 0 Å². The zero-order valence-corrected chi connectivity index (χ0v) is 14.8. The molecule has 24 heavy (non-hydrogen) atoms. The molecule has 0 fully saturated rings. The zero-order valence-electron chi connectivity index (χ0n) is 13.9. The topological polar surface area (TPSA) is 159 Å². The summed E-state index contributed by atoms with van der Waals surface area (Å²) in [5.74, 6) is -3.59. The van der Waals surface area contributed by atoms with Crippen LogP contribution < -0.4 is 16.4 Å². The molecule has 0 aliphatic rings. The SMILES string of the molecule is CSCC[C@H](NC(=O)[C@@H](NC(=O)[C@@H](N)CC(=O)O)C(C)C)C(=O)O. The molecule has 10 heteroatoms. The van der Waals surface area contributed by atoms with Gasteiger partial charge in [-0.05, 0) is 24.3 Å². The Morgan fingerprint density at radius 1 is 1.08 bits per heavy atom. The van der Waals surface area contributed by atoms with E-state index in [4.69, 9.17) is 15.9 Å². The normalized spacial score (nSPS) is 14.5. The van der Waals surface area contributed by atoms with Crippen molar-refractivity contribution in [1.82, 2.24) is 10.6 Å². The molecule has 0 heterocycles. The number of hydrogen-bond donors (Lipinski definition) is 5. The third-order valence-corrected chi connectivity index (χ3v) is 3.85. The Labute approximate surface area is 144 Å². The third kappa shape index (κ3) is 8.16. The van der Waals surface area contributed by atoms with Gasteiger partial charge in [-0.2, -0.15) is 11.8 Å². The molecule has 2 amide bonds. The molecule has 9 nitrogen and oxygen atoms in total.